The molecule has 0 bridgehead atoms. The number of amides is 1. The van der Waals surface area contributed by atoms with Crippen LogP contribution in [0.2, 0.25) is 0 Å². The zero-order valence-corrected chi connectivity index (χ0v) is 24.8. The largest absolute Gasteiger partial charge is 0.491 e. The van der Waals surface area contributed by atoms with Gasteiger partial charge >= 0.3 is 6.09 Å². The number of nitrogens with zero attached hydrogens (tertiary/aromatic N) is 1. The second-order valence-corrected chi connectivity index (χ2v) is 11.8. The van der Waals surface area contributed by atoms with Crippen molar-refractivity contribution < 1.29 is 23.7 Å². The minimum Gasteiger partial charge on any atom is -0.491 e. The topological polar surface area (TPSA) is 57.2 Å². The van der Waals surface area contributed by atoms with E-state index >= 15 is 0 Å². The minimum absolute atomic E-state index is 0.146. The van der Waals surface area contributed by atoms with E-state index in [0.29, 0.717) is 39.5 Å². The third-order valence-electron chi connectivity index (χ3n) is 7.40. The first-order chi connectivity index (χ1) is 20.3. The lowest BCUT2D eigenvalue weighted by Crippen LogP contribution is -2.48. The van der Waals surface area contributed by atoms with Gasteiger partial charge in [-0.1, -0.05) is 78.9 Å². The van der Waals surface area contributed by atoms with Crippen LogP contribution in [0.25, 0.3) is 10.8 Å². The number of hydrogen-bond acceptors (Lipinski definition) is 5. The molecule has 1 fully saturated rings. The van der Waals surface area contributed by atoms with E-state index in [-0.39, 0.29) is 18.1 Å². The van der Waals surface area contributed by atoms with E-state index < -0.39 is 5.60 Å². The summed E-state index contributed by atoms with van der Waals surface area (Å²) in [7, 11) is 0. The van der Waals surface area contributed by atoms with Crippen molar-refractivity contribution >= 4 is 16.9 Å². The molecule has 0 aliphatic carbocycles. The first kappa shape index (κ1) is 29.6. The van der Waals surface area contributed by atoms with Crippen LogP contribution in [0.1, 0.15) is 49.8 Å². The zero-order chi connectivity index (χ0) is 29.4. The van der Waals surface area contributed by atoms with Gasteiger partial charge in [-0.3, -0.25) is 0 Å². The number of hydrogen-bond donors (Lipinski definition) is 0. The van der Waals surface area contributed by atoms with Crippen molar-refractivity contribution in [2.24, 2.45) is 0 Å². The molecule has 0 saturated carbocycles. The van der Waals surface area contributed by atoms with E-state index in [1.165, 1.54) is 16.3 Å². The highest BCUT2D eigenvalue weighted by Crippen LogP contribution is 2.33. The molecule has 0 spiro atoms. The summed E-state index contributed by atoms with van der Waals surface area (Å²) in [6, 6.07) is 33.1. The molecular formula is C36H41NO5. The van der Waals surface area contributed by atoms with Crippen LogP contribution in [0.4, 0.5) is 4.79 Å². The summed E-state index contributed by atoms with van der Waals surface area (Å²) in [5, 5.41) is 2.40. The number of carbonyl (C=O) groups is 1. The minimum atomic E-state index is -0.544. The molecule has 1 aliphatic rings. The Hall–Kier alpha value is -3.87. The van der Waals surface area contributed by atoms with E-state index in [2.05, 4.69) is 54.6 Å². The van der Waals surface area contributed by atoms with Gasteiger partial charge in [0.05, 0.1) is 32.5 Å². The Morgan fingerprint density at radius 1 is 0.810 bits per heavy atom. The molecule has 2 atom stereocenters. The molecule has 6 nitrogen and oxygen atoms in total. The second kappa shape index (κ2) is 13.9. The standard InChI is InChI=1S/C36H41NO5/c1-36(2,3)42-35(38)37-20-19-33(34(24-37)41-26-28-13-14-29-11-7-8-12-31(29)23-28)30-15-17-32(18-16-30)40-22-21-39-25-27-9-5-4-6-10-27/h4-18,23,33-34H,19-22,24-26H2,1-3H3. The van der Waals surface area contributed by atoms with Gasteiger partial charge in [-0.25, -0.2) is 4.79 Å². The summed E-state index contributed by atoms with van der Waals surface area (Å²) >= 11 is 0. The number of carbonyl (C=O) groups excluding carboxylic acids is 1. The van der Waals surface area contributed by atoms with Crippen LogP contribution in [-0.4, -0.2) is 49.0 Å². The third-order valence-corrected chi connectivity index (χ3v) is 7.40. The molecule has 1 aliphatic heterocycles. The Balaban J connectivity index is 1.21. The summed E-state index contributed by atoms with van der Waals surface area (Å²) < 4.78 is 23.9. The van der Waals surface area contributed by atoms with Crippen LogP contribution >= 0.6 is 0 Å². The summed E-state index contributed by atoms with van der Waals surface area (Å²) in [6.07, 6.45) is 0.323. The first-order valence-corrected chi connectivity index (χ1v) is 14.8. The predicted molar refractivity (Wildman–Crippen MR) is 166 cm³/mol. The van der Waals surface area contributed by atoms with Gasteiger partial charge in [0, 0.05) is 12.5 Å². The van der Waals surface area contributed by atoms with Crippen molar-refractivity contribution in [3.05, 3.63) is 114 Å². The normalized spacial score (nSPS) is 17.3. The average molecular weight is 568 g/mol. The summed E-state index contributed by atoms with van der Waals surface area (Å²) in [5.74, 6) is 0.953. The molecule has 1 saturated heterocycles. The summed E-state index contributed by atoms with van der Waals surface area (Å²) in [5.41, 5.74) is 2.89. The number of ether oxygens (including phenoxy) is 4. The van der Waals surface area contributed by atoms with Gasteiger partial charge < -0.3 is 23.8 Å². The fraction of sp³-hybridized carbons (Fsp3) is 0.361. The van der Waals surface area contributed by atoms with Crippen LogP contribution in [0.15, 0.2) is 97.1 Å². The molecule has 1 heterocycles. The van der Waals surface area contributed by atoms with Gasteiger partial charge in [0.1, 0.15) is 18.0 Å². The Kier molecular flexibility index (Phi) is 9.78. The van der Waals surface area contributed by atoms with E-state index in [9.17, 15) is 4.79 Å². The first-order valence-electron chi connectivity index (χ1n) is 14.8. The van der Waals surface area contributed by atoms with E-state index in [1.807, 2.05) is 63.2 Å². The van der Waals surface area contributed by atoms with Crippen molar-refractivity contribution in [3.63, 3.8) is 0 Å². The Bertz CT molecular complexity index is 1430. The maximum absolute atomic E-state index is 12.9. The van der Waals surface area contributed by atoms with Crippen molar-refractivity contribution in [1.82, 2.24) is 4.90 Å². The number of benzene rings is 4. The predicted octanol–water partition coefficient (Wildman–Crippen LogP) is 7.75. The molecule has 0 N–H and O–H groups in total. The van der Waals surface area contributed by atoms with Gasteiger partial charge in [0.15, 0.2) is 0 Å². The lowest BCUT2D eigenvalue weighted by molar-refractivity contribution is -0.0359. The Morgan fingerprint density at radius 3 is 2.31 bits per heavy atom. The molecule has 1 amide bonds. The van der Waals surface area contributed by atoms with Crippen LogP contribution in [0.3, 0.4) is 0 Å². The highest BCUT2D eigenvalue weighted by molar-refractivity contribution is 5.82. The van der Waals surface area contributed by atoms with Crippen molar-refractivity contribution in [2.75, 3.05) is 26.3 Å². The van der Waals surface area contributed by atoms with Crippen molar-refractivity contribution in [1.29, 1.82) is 0 Å². The molecule has 0 aromatic heterocycles. The molecule has 6 heteroatoms. The maximum Gasteiger partial charge on any atom is 0.410 e. The SMILES string of the molecule is CC(C)(C)OC(=O)N1CCC(c2ccc(OCCOCc3ccccc3)cc2)C(OCc2ccc3ccccc3c2)C1. The molecule has 4 aromatic carbocycles. The molecule has 42 heavy (non-hydrogen) atoms. The molecule has 0 radical (unpaired) electrons. The number of fused-ring (bicyclic) bond motifs is 1. The number of rotatable bonds is 10. The highest BCUT2D eigenvalue weighted by atomic mass is 16.6. The second-order valence-electron chi connectivity index (χ2n) is 11.8. The zero-order valence-electron chi connectivity index (χ0n) is 24.8. The average Bonchev–Trinajstić information content (AvgIpc) is 2.99. The van der Waals surface area contributed by atoms with E-state index in [1.54, 1.807) is 4.90 Å². The molecule has 220 valence electrons. The van der Waals surface area contributed by atoms with Gasteiger partial charge in [-0.2, -0.15) is 0 Å². The van der Waals surface area contributed by atoms with Crippen molar-refractivity contribution in [3.8, 4) is 5.75 Å². The summed E-state index contributed by atoms with van der Waals surface area (Å²) in [6.45, 7) is 8.82. The third kappa shape index (κ3) is 8.34. The van der Waals surface area contributed by atoms with Crippen molar-refractivity contribution in [2.45, 2.75) is 58.0 Å². The lowest BCUT2D eigenvalue weighted by Gasteiger charge is -2.39. The fourth-order valence-electron chi connectivity index (χ4n) is 5.28. The monoisotopic (exact) mass is 567 g/mol. The lowest BCUT2D eigenvalue weighted by atomic mass is 9.87. The number of piperidine rings is 1. The van der Waals surface area contributed by atoms with E-state index in [0.717, 1.165) is 23.3 Å². The van der Waals surface area contributed by atoms with Gasteiger partial charge in [0.2, 0.25) is 0 Å². The van der Waals surface area contributed by atoms with Crippen LogP contribution in [0.5, 0.6) is 5.75 Å². The molecule has 5 rings (SSSR count). The van der Waals surface area contributed by atoms with Crippen LogP contribution < -0.4 is 4.74 Å². The van der Waals surface area contributed by atoms with Gasteiger partial charge in [-0.15, -0.1) is 0 Å². The Morgan fingerprint density at radius 2 is 1.55 bits per heavy atom. The van der Waals surface area contributed by atoms with E-state index in [4.69, 9.17) is 18.9 Å². The number of likely N-dealkylation sites (tertiary alicyclic amines) is 1. The maximum atomic E-state index is 12.9. The summed E-state index contributed by atoms with van der Waals surface area (Å²) in [4.78, 5) is 14.7. The van der Waals surface area contributed by atoms with Gasteiger partial charge in [0.25, 0.3) is 0 Å². The van der Waals surface area contributed by atoms with Crippen LogP contribution in [-0.2, 0) is 27.4 Å². The van der Waals surface area contributed by atoms with Gasteiger partial charge in [-0.05, 0) is 72.9 Å². The quantitative estimate of drug-likeness (QED) is 0.184. The Labute approximate surface area is 249 Å². The smallest absolute Gasteiger partial charge is 0.410 e. The highest BCUT2D eigenvalue weighted by Gasteiger charge is 2.35. The van der Waals surface area contributed by atoms with Crippen LogP contribution in [0, 0.1) is 0 Å². The fourth-order valence-corrected chi connectivity index (χ4v) is 5.28. The molecule has 4 aromatic rings. The molecular weight excluding hydrogens is 526 g/mol. The molecule has 2 unspecified atom stereocenters.